The molecule has 160 valence electrons. The van der Waals surface area contributed by atoms with E-state index in [-0.39, 0.29) is 13.0 Å². The van der Waals surface area contributed by atoms with E-state index in [1.54, 1.807) is 6.07 Å². The van der Waals surface area contributed by atoms with E-state index in [1.807, 2.05) is 6.07 Å². The first-order chi connectivity index (χ1) is 13.9. The Morgan fingerprint density at radius 3 is 2.34 bits per heavy atom. The van der Waals surface area contributed by atoms with Crippen LogP contribution >= 0.6 is 0 Å². The number of carbonyl (C=O) groups is 1. The van der Waals surface area contributed by atoms with Crippen molar-refractivity contribution >= 4 is 17.5 Å². The average Bonchev–Trinajstić information content (AvgIpc) is 3.40. The number of hydrogen-bond acceptors (Lipinski definition) is 4. The lowest BCUT2D eigenvalue weighted by Gasteiger charge is -2.38. The zero-order chi connectivity index (χ0) is 20.4. The summed E-state index contributed by atoms with van der Waals surface area (Å²) in [7, 11) is 0. The monoisotopic (exact) mass is 411 g/mol. The van der Waals surface area contributed by atoms with E-state index in [2.05, 4.69) is 20.1 Å². The molecule has 1 atom stereocenters. The normalized spacial score (nSPS) is 24.3. The minimum atomic E-state index is -4.39. The molecule has 1 saturated carbocycles. The Morgan fingerprint density at radius 1 is 1.00 bits per heavy atom. The van der Waals surface area contributed by atoms with Crippen LogP contribution in [0.25, 0.3) is 0 Å². The number of aromatic nitrogens is 1. The number of urea groups is 1. The molecule has 1 aromatic heterocycles. The molecule has 3 aliphatic rings. The van der Waals surface area contributed by atoms with Crippen molar-refractivity contribution in [1.82, 2.24) is 14.8 Å². The number of anilines is 2. The lowest BCUT2D eigenvalue weighted by Crippen LogP contribution is -2.50. The first kappa shape index (κ1) is 20.3. The second-order valence-electron chi connectivity index (χ2n) is 8.19. The second kappa shape index (κ2) is 8.38. The molecular formula is C20H28F3N5O. The molecule has 1 aliphatic carbocycles. The molecule has 2 amide bonds. The van der Waals surface area contributed by atoms with Gasteiger partial charge in [0.2, 0.25) is 0 Å². The molecule has 4 rings (SSSR count). The zero-order valence-electron chi connectivity index (χ0n) is 16.5. The van der Waals surface area contributed by atoms with Crippen LogP contribution < -0.4 is 10.2 Å². The van der Waals surface area contributed by atoms with Crippen molar-refractivity contribution in [2.45, 2.75) is 56.8 Å². The van der Waals surface area contributed by atoms with Crippen molar-refractivity contribution in [3.8, 4) is 0 Å². The Bertz CT molecular complexity index is 697. The number of halogens is 3. The van der Waals surface area contributed by atoms with E-state index in [0.29, 0.717) is 12.1 Å². The Hall–Kier alpha value is -2.03. The highest BCUT2D eigenvalue weighted by Crippen LogP contribution is 2.33. The van der Waals surface area contributed by atoms with Crippen molar-refractivity contribution in [2.24, 2.45) is 0 Å². The van der Waals surface area contributed by atoms with E-state index >= 15 is 0 Å². The van der Waals surface area contributed by atoms with Crippen LogP contribution in [-0.2, 0) is 0 Å². The summed E-state index contributed by atoms with van der Waals surface area (Å²) >= 11 is 0. The number of amides is 2. The maximum Gasteiger partial charge on any atom is 0.408 e. The second-order valence-corrected chi connectivity index (χ2v) is 8.19. The lowest BCUT2D eigenvalue weighted by molar-refractivity contribution is -0.168. The van der Waals surface area contributed by atoms with Crippen LogP contribution in [0.3, 0.4) is 0 Å². The Morgan fingerprint density at radius 2 is 1.72 bits per heavy atom. The SMILES string of the molecule is O=C(Nc1ccc(N2CCN(C3CCCC3)CC2)nc1)N1CCCC1C(F)(F)F. The molecule has 0 spiro atoms. The molecule has 6 nitrogen and oxygen atoms in total. The van der Waals surface area contributed by atoms with Crippen molar-refractivity contribution in [2.75, 3.05) is 42.9 Å². The first-order valence-corrected chi connectivity index (χ1v) is 10.5. The first-order valence-electron chi connectivity index (χ1n) is 10.5. The molecule has 1 aromatic rings. The van der Waals surface area contributed by atoms with Crippen LogP contribution in [-0.4, -0.2) is 71.8 Å². The molecule has 0 bridgehead atoms. The average molecular weight is 411 g/mol. The predicted octanol–water partition coefficient (Wildman–Crippen LogP) is 3.70. The number of pyridine rings is 1. The van der Waals surface area contributed by atoms with Gasteiger partial charge in [0.15, 0.2) is 0 Å². The lowest BCUT2D eigenvalue weighted by atomic mass is 10.2. The standard InChI is InChI=1S/C20H28F3N5O/c21-20(22,23)17-6-3-9-28(17)19(29)25-15-7-8-18(24-14-15)27-12-10-26(11-13-27)16-4-1-2-5-16/h7-8,14,16-17H,1-6,9-13H2,(H,25,29). The highest BCUT2D eigenvalue weighted by Gasteiger charge is 2.47. The van der Waals surface area contributed by atoms with Crippen LogP contribution in [0.1, 0.15) is 38.5 Å². The van der Waals surface area contributed by atoms with E-state index in [1.165, 1.54) is 31.9 Å². The maximum absolute atomic E-state index is 13.1. The van der Waals surface area contributed by atoms with E-state index in [0.717, 1.165) is 42.9 Å². The smallest absolute Gasteiger partial charge is 0.354 e. The minimum absolute atomic E-state index is 0.0407. The van der Waals surface area contributed by atoms with E-state index in [4.69, 9.17) is 0 Å². The summed E-state index contributed by atoms with van der Waals surface area (Å²) < 4.78 is 39.2. The van der Waals surface area contributed by atoms with Gasteiger partial charge in [-0.3, -0.25) is 4.90 Å². The Balaban J connectivity index is 1.31. The number of carbonyl (C=O) groups excluding carboxylic acids is 1. The van der Waals surface area contributed by atoms with Crippen molar-refractivity contribution < 1.29 is 18.0 Å². The summed E-state index contributed by atoms with van der Waals surface area (Å²) in [5.41, 5.74) is 0.413. The molecule has 29 heavy (non-hydrogen) atoms. The quantitative estimate of drug-likeness (QED) is 0.824. The van der Waals surface area contributed by atoms with Crippen LogP contribution in [0.5, 0.6) is 0 Å². The number of piperazine rings is 1. The summed E-state index contributed by atoms with van der Waals surface area (Å²) in [5, 5.41) is 2.56. The number of nitrogens with zero attached hydrogens (tertiary/aromatic N) is 4. The van der Waals surface area contributed by atoms with E-state index < -0.39 is 18.2 Å². The van der Waals surface area contributed by atoms with Crippen LogP contribution in [0.2, 0.25) is 0 Å². The molecule has 3 fully saturated rings. The minimum Gasteiger partial charge on any atom is -0.354 e. The van der Waals surface area contributed by atoms with Gasteiger partial charge in [0.05, 0.1) is 11.9 Å². The summed E-state index contributed by atoms with van der Waals surface area (Å²) in [4.78, 5) is 22.4. The molecule has 2 saturated heterocycles. The number of rotatable bonds is 3. The zero-order valence-corrected chi connectivity index (χ0v) is 16.5. The van der Waals surface area contributed by atoms with Crippen LogP contribution in [0.4, 0.5) is 29.5 Å². The van der Waals surface area contributed by atoms with Gasteiger partial charge in [0.1, 0.15) is 11.9 Å². The number of hydrogen-bond donors (Lipinski definition) is 1. The van der Waals surface area contributed by atoms with Crippen LogP contribution in [0.15, 0.2) is 18.3 Å². The van der Waals surface area contributed by atoms with E-state index in [9.17, 15) is 18.0 Å². The van der Waals surface area contributed by atoms with Gasteiger partial charge in [0.25, 0.3) is 0 Å². The molecule has 1 unspecified atom stereocenters. The maximum atomic E-state index is 13.1. The van der Waals surface area contributed by atoms with Crippen LogP contribution in [0, 0.1) is 0 Å². The van der Waals surface area contributed by atoms with Gasteiger partial charge in [-0.05, 0) is 37.8 Å². The largest absolute Gasteiger partial charge is 0.408 e. The molecule has 1 N–H and O–H groups in total. The molecule has 9 heteroatoms. The van der Waals surface area contributed by atoms with Gasteiger partial charge in [-0.2, -0.15) is 13.2 Å². The van der Waals surface area contributed by atoms with Crippen molar-refractivity contribution in [3.05, 3.63) is 18.3 Å². The summed E-state index contributed by atoms with van der Waals surface area (Å²) in [6.45, 7) is 4.00. The van der Waals surface area contributed by atoms with Crippen molar-refractivity contribution in [3.63, 3.8) is 0 Å². The fourth-order valence-corrected chi connectivity index (χ4v) is 4.78. The topological polar surface area (TPSA) is 51.7 Å². The molecule has 2 aliphatic heterocycles. The fourth-order valence-electron chi connectivity index (χ4n) is 4.78. The highest BCUT2D eigenvalue weighted by atomic mass is 19.4. The van der Waals surface area contributed by atoms with Crippen molar-refractivity contribution in [1.29, 1.82) is 0 Å². The van der Waals surface area contributed by atoms with Gasteiger partial charge < -0.3 is 15.1 Å². The Kier molecular flexibility index (Phi) is 5.85. The van der Waals surface area contributed by atoms with Gasteiger partial charge >= 0.3 is 12.2 Å². The molecule has 0 radical (unpaired) electrons. The highest BCUT2D eigenvalue weighted by molar-refractivity contribution is 5.89. The van der Waals surface area contributed by atoms with Gasteiger partial charge in [-0.15, -0.1) is 0 Å². The predicted molar refractivity (Wildman–Crippen MR) is 105 cm³/mol. The third-order valence-corrected chi connectivity index (χ3v) is 6.37. The van der Waals surface area contributed by atoms with Gasteiger partial charge in [-0.1, -0.05) is 12.8 Å². The summed E-state index contributed by atoms with van der Waals surface area (Å²) in [5.74, 6) is 0.836. The molecule has 3 heterocycles. The number of likely N-dealkylation sites (tertiary alicyclic amines) is 1. The third kappa shape index (κ3) is 4.60. The summed E-state index contributed by atoms with van der Waals surface area (Å²) in [6.07, 6.45) is 2.73. The number of alkyl halides is 3. The third-order valence-electron chi connectivity index (χ3n) is 6.37. The van der Waals surface area contributed by atoms with Gasteiger partial charge in [0, 0.05) is 38.8 Å². The number of nitrogens with one attached hydrogen (secondary N) is 1. The summed E-state index contributed by atoms with van der Waals surface area (Å²) in [6, 6.07) is 1.85. The van der Waals surface area contributed by atoms with Gasteiger partial charge in [-0.25, -0.2) is 9.78 Å². The molecular weight excluding hydrogens is 383 g/mol. The fraction of sp³-hybridized carbons (Fsp3) is 0.700. The Labute approximate surface area is 169 Å². The molecule has 0 aromatic carbocycles.